The van der Waals surface area contributed by atoms with E-state index in [-0.39, 0.29) is 5.91 Å². The zero-order valence-corrected chi connectivity index (χ0v) is 11.5. The van der Waals surface area contributed by atoms with Crippen LogP contribution in [-0.4, -0.2) is 32.3 Å². The number of ether oxygens (including phenoxy) is 2. The lowest BCUT2D eigenvalue weighted by molar-refractivity contribution is -0.127. The van der Waals surface area contributed by atoms with Crippen molar-refractivity contribution in [3.63, 3.8) is 0 Å². The van der Waals surface area contributed by atoms with E-state index in [4.69, 9.17) is 9.47 Å². The van der Waals surface area contributed by atoms with Gasteiger partial charge in [0.1, 0.15) is 5.75 Å². The molecule has 0 heterocycles. The van der Waals surface area contributed by atoms with Crippen LogP contribution in [-0.2, 0) is 9.53 Å². The van der Waals surface area contributed by atoms with E-state index in [0.29, 0.717) is 18.9 Å². The van der Waals surface area contributed by atoms with Gasteiger partial charge in [0.2, 0.25) is 0 Å². The molecule has 1 aromatic rings. The third-order valence-electron chi connectivity index (χ3n) is 2.10. The summed E-state index contributed by atoms with van der Waals surface area (Å²) in [5, 5.41) is 2.72. The summed E-state index contributed by atoms with van der Waals surface area (Å²) >= 11 is 3.33. The van der Waals surface area contributed by atoms with Crippen molar-refractivity contribution in [1.29, 1.82) is 0 Å². The first-order valence-corrected chi connectivity index (χ1v) is 6.11. The fourth-order valence-corrected chi connectivity index (χ4v) is 1.46. The second-order valence-corrected chi connectivity index (χ2v) is 4.41. The Balaban J connectivity index is 2.40. The summed E-state index contributed by atoms with van der Waals surface area (Å²) < 4.78 is 11.3. The topological polar surface area (TPSA) is 47.6 Å². The number of methoxy groups -OCH3 is 1. The summed E-state index contributed by atoms with van der Waals surface area (Å²) in [6.45, 7) is 2.70. The molecule has 0 spiro atoms. The van der Waals surface area contributed by atoms with Gasteiger partial charge in [-0.2, -0.15) is 0 Å². The Labute approximate surface area is 109 Å². The molecule has 1 aromatic carbocycles. The molecule has 1 amide bonds. The molecule has 94 valence electrons. The molecule has 1 rings (SSSR count). The smallest absolute Gasteiger partial charge is 0.260 e. The average molecular weight is 302 g/mol. The van der Waals surface area contributed by atoms with Crippen LogP contribution in [0.15, 0.2) is 28.7 Å². The molecule has 17 heavy (non-hydrogen) atoms. The summed E-state index contributed by atoms with van der Waals surface area (Å²) in [7, 11) is 1.59. The number of carbonyl (C=O) groups is 1. The number of amides is 1. The number of rotatable bonds is 6. The maximum atomic E-state index is 11.6. The molecule has 0 fully saturated rings. The Morgan fingerprint density at radius 2 is 2.06 bits per heavy atom. The van der Waals surface area contributed by atoms with Crippen molar-refractivity contribution in [1.82, 2.24) is 5.32 Å². The summed E-state index contributed by atoms with van der Waals surface area (Å²) in [6, 6.07) is 7.35. The first-order valence-electron chi connectivity index (χ1n) is 5.32. The van der Waals surface area contributed by atoms with Crippen molar-refractivity contribution in [3.05, 3.63) is 28.7 Å². The first-order chi connectivity index (χ1) is 8.13. The first kappa shape index (κ1) is 14.0. The molecular weight excluding hydrogens is 286 g/mol. The average Bonchev–Trinajstić information content (AvgIpc) is 2.32. The predicted molar refractivity (Wildman–Crippen MR) is 69.1 cm³/mol. The van der Waals surface area contributed by atoms with E-state index >= 15 is 0 Å². The van der Waals surface area contributed by atoms with E-state index in [0.717, 1.165) is 4.47 Å². The lowest BCUT2D eigenvalue weighted by atomic mass is 10.3. The molecule has 0 saturated heterocycles. The summed E-state index contributed by atoms with van der Waals surface area (Å²) in [4.78, 5) is 11.6. The second kappa shape index (κ2) is 7.29. The van der Waals surface area contributed by atoms with Crippen molar-refractivity contribution >= 4 is 21.8 Å². The van der Waals surface area contributed by atoms with E-state index in [9.17, 15) is 4.79 Å². The van der Waals surface area contributed by atoms with Crippen LogP contribution in [0.3, 0.4) is 0 Å². The Morgan fingerprint density at radius 1 is 1.41 bits per heavy atom. The fourth-order valence-electron chi connectivity index (χ4n) is 1.19. The van der Waals surface area contributed by atoms with Gasteiger partial charge in [0.05, 0.1) is 6.61 Å². The van der Waals surface area contributed by atoms with Crippen molar-refractivity contribution in [3.8, 4) is 5.75 Å². The number of carbonyl (C=O) groups excluding carboxylic acids is 1. The van der Waals surface area contributed by atoms with Crippen LogP contribution in [0.4, 0.5) is 0 Å². The van der Waals surface area contributed by atoms with Crippen LogP contribution in [0.1, 0.15) is 6.92 Å². The molecule has 0 aliphatic rings. The quantitative estimate of drug-likeness (QED) is 0.817. The normalized spacial score (nSPS) is 11.9. The van der Waals surface area contributed by atoms with Gasteiger partial charge in [0.15, 0.2) is 6.10 Å². The Hall–Kier alpha value is -1.07. The lowest BCUT2D eigenvalue weighted by Crippen LogP contribution is -2.37. The van der Waals surface area contributed by atoms with Crippen molar-refractivity contribution in [2.75, 3.05) is 20.3 Å². The fraction of sp³-hybridized carbons (Fsp3) is 0.417. The highest BCUT2D eigenvalue weighted by Crippen LogP contribution is 2.17. The van der Waals surface area contributed by atoms with E-state index in [1.807, 2.05) is 24.3 Å². The number of hydrogen-bond acceptors (Lipinski definition) is 3. The highest BCUT2D eigenvalue weighted by atomic mass is 79.9. The van der Waals surface area contributed by atoms with Crippen LogP contribution in [0, 0.1) is 0 Å². The highest BCUT2D eigenvalue weighted by molar-refractivity contribution is 9.10. The lowest BCUT2D eigenvalue weighted by Gasteiger charge is -2.14. The Morgan fingerprint density at radius 3 is 2.65 bits per heavy atom. The van der Waals surface area contributed by atoms with Gasteiger partial charge >= 0.3 is 0 Å². The molecule has 1 N–H and O–H groups in total. The Kier molecular flexibility index (Phi) is 6.00. The number of benzene rings is 1. The van der Waals surface area contributed by atoms with Crippen molar-refractivity contribution in [2.45, 2.75) is 13.0 Å². The number of hydrogen-bond donors (Lipinski definition) is 1. The van der Waals surface area contributed by atoms with Crippen LogP contribution >= 0.6 is 15.9 Å². The molecule has 0 saturated carbocycles. The van der Waals surface area contributed by atoms with E-state index < -0.39 is 6.10 Å². The number of nitrogens with one attached hydrogen (secondary N) is 1. The van der Waals surface area contributed by atoms with Crippen LogP contribution in [0.5, 0.6) is 5.75 Å². The molecule has 0 aliphatic carbocycles. The SMILES string of the molecule is COCCNC(=O)C(C)Oc1ccc(Br)cc1. The molecular formula is C12H16BrNO3. The van der Waals surface area contributed by atoms with Gasteiger partial charge in [-0.15, -0.1) is 0 Å². The molecule has 0 bridgehead atoms. The van der Waals surface area contributed by atoms with Crippen LogP contribution < -0.4 is 10.1 Å². The van der Waals surface area contributed by atoms with Crippen molar-refractivity contribution < 1.29 is 14.3 Å². The second-order valence-electron chi connectivity index (χ2n) is 3.50. The zero-order valence-electron chi connectivity index (χ0n) is 9.90. The molecule has 0 aromatic heterocycles. The molecule has 4 nitrogen and oxygen atoms in total. The summed E-state index contributed by atoms with van der Waals surface area (Å²) in [6.07, 6.45) is -0.520. The maximum Gasteiger partial charge on any atom is 0.260 e. The molecule has 0 radical (unpaired) electrons. The van der Waals surface area contributed by atoms with Gasteiger partial charge < -0.3 is 14.8 Å². The van der Waals surface area contributed by atoms with Crippen molar-refractivity contribution in [2.24, 2.45) is 0 Å². The van der Waals surface area contributed by atoms with Gasteiger partial charge in [-0.1, -0.05) is 15.9 Å². The van der Waals surface area contributed by atoms with Crippen LogP contribution in [0.25, 0.3) is 0 Å². The van der Waals surface area contributed by atoms with Gasteiger partial charge in [-0.3, -0.25) is 4.79 Å². The molecule has 0 aliphatic heterocycles. The third kappa shape index (κ3) is 5.19. The highest BCUT2D eigenvalue weighted by Gasteiger charge is 2.13. The van der Waals surface area contributed by atoms with Gasteiger partial charge in [-0.25, -0.2) is 0 Å². The summed E-state index contributed by atoms with van der Waals surface area (Å²) in [5.74, 6) is 0.521. The molecule has 5 heteroatoms. The minimum Gasteiger partial charge on any atom is -0.481 e. The minimum absolute atomic E-state index is 0.148. The number of halogens is 1. The standard InChI is InChI=1S/C12H16BrNO3/c1-9(12(15)14-7-8-16-2)17-11-5-3-10(13)4-6-11/h3-6,9H,7-8H2,1-2H3,(H,14,15). The molecule has 1 atom stereocenters. The third-order valence-corrected chi connectivity index (χ3v) is 2.63. The maximum absolute atomic E-state index is 11.6. The zero-order chi connectivity index (χ0) is 12.7. The monoisotopic (exact) mass is 301 g/mol. The van der Waals surface area contributed by atoms with Gasteiger partial charge in [0.25, 0.3) is 5.91 Å². The Bertz CT molecular complexity index is 353. The molecule has 1 unspecified atom stereocenters. The van der Waals surface area contributed by atoms with E-state index in [2.05, 4.69) is 21.2 Å². The largest absolute Gasteiger partial charge is 0.481 e. The summed E-state index contributed by atoms with van der Waals surface area (Å²) in [5.41, 5.74) is 0. The van der Waals surface area contributed by atoms with Gasteiger partial charge in [0, 0.05) is 18.1 Å². The van der Waals surface area contributed by atoms with E-state index in [1.54, 1.807) is 14.0 Å². The minimum atomic E-state index is -0.520. The predicted octanol–water partition coefficient (Wildman–Crippen LogP) is 1.98. The van der Waals surface area contributed by atoms with E-state index in [1.165, 1.54) is 0 Å². The van der Waals surface area contributed by atoms with Gasteiger partial charge in [-0.05, 0) is 31.2 Å². The van der Waals surface area contributed by atoms with Crippen LogP contribution in [0.2, 0.25) is 0 Å².